The molecule has 4 rings (SSSR count). The third kappa shape index (κ3) is 6.11. The van der Waals surface area contributed by atoms with E-state index in [4.69, 9.17) is 15.7 Å². The number of hydrogen-bond donors (Lipinski definition) is 4. The van der Waals surface area contributed by atoms with Crippen LogP contribution in [-0.4, -0.2) is 110 Å². The first-order chi connectivity index (χ1) is 18.6. The summed E-state index contributed by atoms with van der Waals surface area (Å²) in [5, 5.41) is 36.3. The Hall–Kier alpha value is -3.78. The number of carboxylic acid groups (broad SMARTS) is 2. The highest BCUT2D eigenvalue weighted by atomic mass is 32.2. The number of rotatable bonds is 13. The van der Waals surface area contributed by atoms with E-state index in [0.717, 1.165) is 23.3 Å². The van der Waals surface area contributed by atoms with Crippen LogP contribution in [0.25, 0.3) is 0 Å². The van der Waals surface area contributed by atoms with Gasteiger partial charge in [-0.3, -0.25) is 19.2 Å². The van der Waals surface area contributed by atoms with Gasteiger partial charge in [0.25, 0.3) is 5.91 Å². The van der Waals surface area contributed by atoms with Crippen molar-refractivity contribution in [2.75, 3.05) is 30.4 Å². The molecule has 2 aromatic rings. The molecule has 20 heteroatoms. The number of nitrogens with one attached hydrogen (secondary N) is 1. The molecule has 4 heterocycles. The molecule has 0 saturated carbocycles. The van der Waals surface area contributed by atoms with E-state index < -0.39 is 40.6 Å². The van der Waals surface area contributed by atoms with E-state index in [1.807, 2.05) is 0 Å². The Morgan fingerprint density at radius 3 is 2.85 bits per heavy atom. The lowest BCUT2D eigenvalue weighted by molar-refractivity contribution is -0.157. The predicted octanol–water partition coefficient (Wildman–Crippen LogP) is -1.25. The molecule has 0 aliphatic carbocycles. The molecule has 2 aromatic heterocycles. The van der Waals surface area contributed by atoms with Crippen LogP contribution in [0, 0.1) is 5.41 Å². The van der Waals surface area contributed by atoms with E-state index >= 15 is 0 Å². The lowest BCUT2D eigenvalue weighted by atomic mass is 9.89. The fraction of sp³-hybridized carbons (Fsp3) is 0.474. The summed E-state index contributed by atoms with van der Waals surface area (Å²) in [7, 11) is 0. The number of aryl methyl sites for hydroxylation is 1. The smallest absolute Gasteiger partial charge is 0.313 e. The Balaban J connectivity index is 1.41. The number of carbonyl (C=O) groups excluding carboxylic acids is 2. The number of aliphatic carboxylic acids is 2. The quantitative estimate of drug-likeness (QED) is 0.0526. The minimum absolute atomic E-state index is 0.0201. The second-order valence-corrected chi connectivity index (χ2v) is 11.1. The Bertz CT molecular complexity index is 1320. The number of carbonyl (C=O) groups is 4. The van der Waals surface area contributed by atoms with Crippen LogP contribution in [0.1, 0.15) is 12.2 Å². The van der Waals surface area contributed by atoms with E-state index in [1.54, 1.807) is 0 Å². The summed E-state index contributed by atoms with van der Waals surface area (Å²) in [6.07, 6.45) is 1.23. The molecular weight excluding hydrogens is 576 g/mol. The Morgan fingerprint density at radius 1 is 1.38 bits per heavy atom. The molecule has 5 N–H and O–H groups in total. The van der Waals surface area contributed by atoms with E-state index in [-0.39, 0.29) is 59.4 Å². The molecule has 2 saturated heterocycles. The van der Waals surface area contributed by atoms with Gasteiger partial charge in [-0.1, -0.05) is 29.6 Å². The molecule has 3 atom stereocenters. The third-order valence-corrected chi connectivity index (χ3v) is 8.99. The second kappa shape index (κ2) is 11.9. The van der Waals surface area contributed by atoms with E-state index in [2.05, 4.69) is 41.9 Å². The van der Waals surface area contributed by atoms with Gasteiger partial charge < -0.3 is 31.0 Å². The number of aromatic nitrogens is 6. The number of fused-ring (bicyclic) bond motifs is 1. The van der Waals surface area contributed by atoms with Crippen LogP contribution in [0.5, 0.6) is 0 Å². The summed E-state index contributed by atoms with van der Waals surface area (Å²) in [5.41, 5.74) is 4.02. The van der Waals surface area contributed by atoms with E-state index in [0.29, 0.717) is 0 Å². The highest BCUT2D eigenvalue weighted by Crippen LogP contribution is 2.44. The predicted molar refractivity (Wildman–Crippen MR) is 138 cm³/mol. The number of nitrogens with two attached hydrogens (primary N) is 1. The minimum atomic E-state index is -1.33. The standard InChI is InChI=1S/C19H22N10O7S3/c1-2-5-36-24-10(12-22-17(20)39-25-12)13(32)21-11-14(33)28-6-19(16(34)35,7-37-15(11)28)8-38-18-23-26-27-29(18)4-3-9(30)31/h2,11,15H,1,3-8H2,(H,21,32)(H,30,31)(H,34,35)(H2,20,22,25)/t11?,15-,19?/m1/s1. The normalized spacial score (nSPS) is 22.5. The summed E-state index contributed by atoms with van der Waals surface area (Å²) in [6, 6.07) is -0.925. The fourth-order valence-corrected chi connectivity index (χ4v) is 6.83. The van der Waals surface area contributed by atoms with Crippen LogP contribution in [0.2, 0.25) is 0 Å². The zero-order chi connectivity index (χ0) is 28.2. The van der Waals surface area contributed by atoms with Crippen molar-refractivity contribution in [3.63, 3.8) is 0 Å². The summed E-state index contributed by atoms with van der Waals surface area (Å²) in [6.45, 7) is 3.46. The first kappa shape index (κ1) is 28.2. The SMILES string of the molecule is C=CCON=C(C(=O)NC1C(=O)N2CC(CSc3nnnn3CCC(=O)O)(C(=O)O)CS[C@H]12)c1nsc(N)n1. The third-order valence-electron chi connectivity index (χ3n) is 5.62. The van der Waals surface area contributed by atoms with Gasteiger partial charge in [0.1, 0.15) is 23.4 Å². The van der Waals surface area contributed by atoms with Crippen molar-refractivity contribution < 1.29 is 34.2 Å². The van der Waals surface area contributed by atoms with Crippen molar-refractivity contribution in [3.8, 4) is 0 Å². The molecule has 2 fully saturated rings. The van der Waals surface area contributed by atoms with Crippen LogP contribution >= 0.6 is 35.1 Å². The number of anilines is 1. The molecule has 17 nitrogen and oxygen atoms in total. The molecule has 0 spiro atoms. The van der Waals surface area contributed by atoms with Gasteiger partial charge in [0.2, 0.25) is 22.6 Å². The number of oxime groups is 1. The first-order valence-electron chi connectivity index (χ1n) is 11.1. The molecule has 39 heavy (non-hydrogen) atoms. The van der Waals surface area contributed by atoms with Gasteiger partial charge in [0.15, 0.2) is 5.13 Å². The molecule has 2 aliphatic heterocycles. The molecule has 2 aliphatic rings. The number of thioether (sulfide) groups is 2. The van der Waals surface area contributed by atoms with E-state index in [1.165, 1.54) is 27.4 Å². The van der Waals surface area contributed by atoms with Gasteiger partial charge in [-0.15, -0.1) is 16.9 Å². The largest absolute Gasteiger partial charge is 0.481 e. The molecule has 208 valence electrons. The summed E-state index contributed by atoms with van der Waals surface area (Å²) in [5.74, 6) is -3.23. The molecule has 0 aromatic carbocycles. The van der Waals surface area contributed by atoms with Crippen LogP contribution in [0.15, 0.2) is 23.0 Å². The van der Waals surface area contributed by atoms with Gasteiger partial charge >= 0.3 is 11.9 Å². The first-order valence-corrected chi connectivity index (χ1v) is 13.9. The van der Waals surface area contributed by atoms with E-state index in [9.17, 15) is 24.3 Å². The summed E-state index contributed by atoms with van der Waals surface area (Å²) >= 11 is 3.14. The van der Waals surface area contributed by atoms with Gasteiger partial charge in [-0.25, -0.2) is 4.68 Å². The van der Waals surface area contributed by atoms with Gasteiger partial charge in [-0.2, -0.15) is 9.36 Å². The van der Waals surface area contributed by atoms with Crippen molar-refractivity contribution in [3.05, 3.63) is 18.5 Å². The maximum Gasteiger partial charge on any atom is 0.313 e. The van der Waals surface area contributed by atoms with Crippen LogP contribution in [-0.2, 0) is 30.6 Å². The summed E-state index contributed by atoms with van der Waals surface area (Å²) < 4.78 is 5.26. The Labute approximate surface area is 232 Å². The fourth-order valence-electron chi connectivity index (χ4n) is 3.63. The maximum atomic E-state index is 13.0. The minimum Gasteiger partial charge on any atom is -0.481 e. The van der Waals surface area contributed by atoms with Crippen molar-refractivity contribution in [1.29, 1.82) is 0 Å². The number of tetrazole rings is 1. The van der Waals surface area contributed by atoms with Crippen molar-refractivity contribution >= 4 is 69.7 Å². The molecular formula is C19H22N10O7S3. The molecule has 2 unspecified atom stereocenters. The molecule has 0 bridgehead atoms. The highest BCUT2D eigenvalue weighted by Gasteiger charge is 2.57. The number of nitrogen functional groups attached to an aromatic ring is 1. The van der Waals surface area contributed by atoms with Gasteiger partial charge in [0, 0.05) is 29.6 Å². The summed E-state index contributed by atoms with van der Waals surface area (Å²) in [4.78, 5) is 59.5. The maximum absolute atomic E-state index is 13.0. The van der Waals surface area contributed by atoms with Crippen LogP contribution in [0.3, 0.4) is 0 Å². The number of β-lactam (4-membered cyclic amide) rings is 1. The molecule has 2 amide bonds. The van der Waals surface area contributed by atoms with Crippen molar-refractivity contribution in [1.82, 2.24) is 39.8 Å². The van der Waals surface area contributed by atoms with Crippen molar-refractivity contribution in [2.24, 2.45) is 10.6 Å². The Morgan fingerprint density at radius 2 is 2.18 bits per heavy atom. The zero-order valence-corrected chi connectivity index (χ0v) is 22.4. The Kier molecular flexibility index (Phi) is 8.65. The lowest BCUT2D eigenvalue weighted by Gasteiger charge is -2.53. The van der Waals surface area contributed by atoms with Crippen molar-refractivity contribution in [2.45, 2.75) is 29.5 Å². The van der Waals surface area contributed by atoms with Gasteiger partial charge in [0.05, 0.1) is 13.0 Å². The monoisotopic (exact) mass is 598 g/mol. The second-order valence-electron chi connectivity index (χ2n) is 8.30. The van der Waals surface area contributed by atoms with Gasteiger partial charge in [-0.05, 0) is 10.4 Å². The van der Waals surface area contributed by atoms with Crippen LogP contribution in [0.4, 0.5) is 5.13 Å². The average Bonchev–Trinajstić information content (AvgIpc) is 3.55. The number of carboxylic acids is 2. The van der Waals surface area contributed by atoms with Crippen LogP contribution < -0.4 is 11.1 Å². The topological polar surface area (TPSA) is 241 Å². The average molecular weight is 599 g/mol. The highest BCUT2D eigenvalue weighted by molar-refractivity contribution is 8.00. The lowest BCUT2D eigenvalue weighted by Crippen LogP contribution is -2.74. The zero-order valence-electron chi connectivity index (χ0n) is 20.0. The molecule has 0 radical (unpaired) electrons. The number of hydrogen-bond acceptors (Lipinski definition) is 15. The number of nitrogens with zero attached hydrogens (tertiary/aromatic N) is 8. The number of amides is 2.